The SMILES string of the molecule is C=C(/C=C(\C)c1cccc(N(Cc2ccc(Br)cc2)C(=C)C2CCCCC2)c1)CC. The summed E-state index contributed by atoms with van der Waals surface area (Å²) >= 11 is 3.55. The maximum Gasteiger partial charge on any atom is 0.0478 e. The van der Waals surface area contributed by atoms with Crippen LogP contribution >= 0.6 is 15.9 Å². The third kappa shape index (κ3) is 5.98. The number of halogens is 1. The molecule has 2 heteroatoms. The molecule has 0 atom stereocenters. The third-order valence-electron chi connectivity index (χ3n) is 6.16. The second kappa shape index (κ2) is 10.8. The van der Waals surface area contributed by atoms with E-state index in [1.807, 2.05) is 0 Å². The van der Waals surface area contributed by atoms with Gasteiger partial charge in [0.25, 0.3) is 0 Å². The third-order valence-corrected chi connectivity index (χ3v) is 6.69. The van der Waals surface area contributed by atoms with Crippen molar-refractivity contribution in [2.75, 3.05) is 4.90 Å². The van der Waals surface area contributed by atoms with Gasteiger partial charge in [0.15, 0.2) is 0 Å². The first-order valence-corrected chi connectivity index (χ1v) is 11.9. The maximum absolute atomic E-state index is 4.59. The summed E-state index contributed by atoms with van der Waals surface area (Å²) in [6, 6.07) is 17.5. The number of benzene rings is 2. The number of allylic oxidation sites excluding steroid dienone is 4. The van der Waals surface area contributed by atoms with Gasteiger partial charge in [-0.1, -0.05) is 91.2 Å². The Kier molecular flexibility index (Phi) is 8.16. The van der Waals surface area contributed by atoms with Crippen LogP contribution < -0.4 is 4.90 Å². The van der Waals surface area contributed by atoms with Crippen molar-refractivity contribution in [2.45, 2.75) is 58.9 Å². The van der Waals surface area contributed by atoms with Gasteiger partial charge in [-0.25, -0.2) is 0 Å². The molecular weight excluding hydrogens is 430 g/mol. The Morgan fingerprint density at radius 1 is 1.07 bits per heavy atom. The number of nitrogens with zero attached hydrogens (tertiary/aromatic N) is 1. The molecule has 1 saturated carbocycles. The van der Waals surface area contributed by atoms with Crippen LogP contribution in [0.1, 0.15) is 63.5 Å². The van der Waals surface area contributed by atoms with Crippen LogP contribution in [0, 0.1) is 5.92 Å². The molecule has 0 heterocycles. The lowest BCUT2D eigenvalue weighted by Crippen LogP contribution is -2.27. The zero-order valence-corrected chi connectivity index (χ0v) is 20.0. The Morgan fingerprint density at radius 2 is 1.77 bits per heavy atom. The van der Waals surface area contributed by atoms with Gasteiger partial charge in [0.05, 0.1) is 0 Å². The Bertz CT molecular complexity index is 900. The van der Waals surface area contributed by atoms with E-state index in [4.69, 9.17) is 0 Å². The summed E-state index contributed by atoms with van der Waals surface area (Å²) in [5, 5.41) is 0. The molecular formula is C28H34BrN. The average molecular weight is 464 g/mol. The summed E-state index contributed by atoms with van der Waals surface area (Å²) < 4.78 is 1.11. The quantitative estimate of drug-likeness (QED) is 0.353. The molecule has 158 valence electrons. The van der Waals surface area contributed by atoms with Gasteiger partial charge in [-0.2, -0.15) is 0 Å². The van der Waals surface area contributed by atoms with E-state index in [0.29, 0.717) is 5.92 Å². The molecule has 3 rings (SSSR count). The van der Waals surface area contributed by atoms with E-state index < -0.39 is 0 Å². The van der Waals surface area contributed by atoms with Crippen molar-refractivity contribution in [3.05, 3.63) is 94.6 Å². The molecule has 2 aromatic carbocycles. The number of rotatable bonds is 8. The van der Waals surface area contributed by atoms with Crippen molar-refractivity contribution in [1.82, 2.24) is 0 Å². The van der Waals surface area contributed by atoms with Gasteiger partial charge in [-0.05, 0) is 73.1 Å². The van der Waals surface area contributed by atoms with Crippen LogP contribution in [0.15, 0.2) is 83.5 Å². The highest BCUT2D eigenvalue weighted by Crippen LogP contribution is 2.35. The summed E-state index contributed by atoms with van der Waals surface area (Å²) in [7, 11) is 0. The second-order valence-electron chi connectivity index (χ2n) is 8.43. The van der Waals surface area contributed by atoms with Gasteiger partial charge in [-0.15, -0.1) is 0 Å². The van der Waals surface area contributed by atoms with E-state index in [0.717, 1.165) is 23.0 Å². The normalized spacial score (nSPS) is 15.1. The molecule has 2 aromatic rings. The molecule has 0 aromatic heterocycles. The van der Waals surface area contributed by atoms with Gasteiger partial charge < -0.3 is 4.90 Å². The molecule has 0 spiro atoms. The largest absolute Gasteiger partial charge is 0.341 e. The van der Waals surface area contributed by atoms with E-state index in [9.17, 15) is 0 Å². The Morgan fingerprint density at radius 3 is 2.43 bits per heavy atom. The summed E-state index contributed by atoms with van der Waals surface area (Å²) in [5.74, 6) is 0.578. The lowest BCUT2D eigenvalue weighted by atomic mass is 9.86. The van der Waals surface area contributed by atoms with Gasteiger partial charge in [0.1, 0.15) is 0 Å². The van der Waals surface area contributed by atoms with E-state index >= 15 is 0 Å². The molecule has 1 nitrogen and oxygen atoms in total. The molecule has 1 aliphatic rings. The molecule has 0 amide bonds. The molecule has 0 N–H and O–H groups in total. The van der Waals surface area contributed by atoms with E-state index in [-0.39, 0.29) is 0 Å². The highest BCUT2D eigenvalue weighted by atomic mass is 79.9. The van der Waals surface area contributed by atoms with Crippen molar-refractivity contribution in [2.24, 2.45) is 5.92 Å². The predicted octanol–water partition coefficient (Wildman–Crippen LogP) is 8.92. The fourth-order valence-electron chi connectivity index (χ4n) is 4.20. The van der Waals surface area contributed by atoms with E-state index in [1.54, 1.807) is 0 Å². The molecule has 0 saturated heterocycles. The standard InChI is InChI=1S/C28H34BrN/c1-5-21(2)18-22(3)26-12-9-13-28(19-26)30(20-24-14-16-27(29)17-15-24)23(4)25-10-7-6-8-11-25/h9,12-19,25H,2,4-8,10-11,20H2,1,3H3/b22-18+. The molecule has 1 aliphatic carbocycles. The average Bonchev–Trinajstić information content (AvgIpc) is 2.78. The van der Waals surface area contributed by atoms with Crippen molar-refractivity contribution in [3.63, 3.8) is 0 Å². The summed E-state index contributed by atoms with van der Waals surface area (Å²) in [6.45, 7) is 13.9. The Hall–Kier alpha value is -2.06. The Labute approximate surface area is 191 Å². The monoisotopic (exact) mass is 463 g/mol. The van der Waals surface area contributed by atoms with Crippen LogP contribution in [-0.2, 0) is 6.54 Å². The van der Waals surface area contributed by atoms with Crippen LogP contribution in [-0.4, -0.2) is 0 Å². The van der Waals surface area contributed by atoms with Gasteiger partial charge in [0, 0.05) is 22.4 Å². The molecule has 0 unspecified atom stereocenters. The minimum atomic E-state index is 0.578. The first kappa shape index (κ1) is 22.6. The summed E-state index contributed by atoms with van der Waals surface area (Å²) in [5.41, 5.74) is 7.45. The molecule has 0 aliphatic heterocycles. The van der Waals surface area contributed by atoms with Crippen molar-refractivity contribution in [1.29, 1.82) is 0 Å². The Balaban J connectivity index is 1.93. The highest BCUT2D eigenvalue weighted by molar-refractivity contribution is 9.10. The van der Waals surface area contributed by atoms with E-state index in [1.165, 1.54) is 60.2 Å². The van der Waals surface area contributed by atoms with Crippen molar-refractivity contribution < 1.29 is 0 Å². The van der Waals surface area contributed by atoms with Crippen LogP contribution in [0.2, 0.25) is 0 Å². The van der Waals surface area contributed by atoms with Crippen molar-refractivity contribution >= 4 is 27.2 Å². The van der Waals surface area contributed by atoms with Gasteiger partial charge in [-0.3, -0.25) is 0 Å². The zero-order valence-electron chi connectivity index (χ0n) is 18.5. The second-order valence-corrected chi connectivity index (χ2v) is 9.34. The van der Waals surface area contributed by atoms with Crippen LogP contribution in [0.4, 0.5) is 5.69 Å². The fraction of sp³-hybridized carbons (Fsp3) is 0.357. The highest BCUT2D eigenvalue weighted by Gasteiger charge is 2.22. The minimum Gasteiger partial charge on any atom is -0.341 e. The predicted molar refractivity (Wildman–Crippen MR) is 136 cm³/mol. The number of hydrogen-bond acceptors (Lipinski definition) is 1. The lowest BCUT2D eigenvalue weighted by Gasteiger charge is -2.34. The molecule has 0 bridgehead atoms. The first-order chi connectivity index (χ1) is 14.5. The minimum absolute atomic E-state index is 0.578. The zero-order chi connectivity index (χ0) is 21.5. The number of hydrogen-bond donors (Lipinski definition) is 0. The molecule has 30 heavy (non-hydrogen) atoms. The fourth-order valence-corrected chi connectivity index (χ4v) is 4.46. The van der Waals surface area contributed by atoms with Crippen LogP contribution in [0.3, 0.4) is 0 Å². The first-order valence-electron chi connectivity index (χ1n) is 11.1. The van der Waals surface area contributed by atoms with Crippen LogP contribution in [0.25, 0.3) is 5.57 Å². The topological polar surface area (TPSA) is 3.24 Å². The smallest absolute Gasteiger partial charge is 0.0478 e. The van der Waals surface area contributed by atoms with Gasteiger partial charge in [0.2, 0.25) is 0 Å². The molecule has 0 radical (unpaired) electrons. The number of anilines is 1. The van der Waals surface area contributed by atoms with Crippen LogP contribution in [0.5, 0.6) is 0 Å². The van der Waals surface area contributed by atoms with Crippen molar-refractivity contribution in [3.8, 4) is 0 Å². The summed E-state index contributed by atoms with van der Waals surface area (Å²) in [4.78, 5) is 2.44. The molecule has 1 fully saturated rings. The lowest BCUT2D eigenvalue weighted by molar-refractivity contribution is 0.396. The maximum atomic E-state index is 4.59. The summed E-state index contributed by atoms with van der Waals surface area (Å²) in [6.07, 6.45) is 9.68. The van der Waals surface area contributed by atoms with E-state index in [2.05, 4.69) is 102 Å². The van der Waals surface area contributed by atoms with Gasteiger partial charge >= 0.3 is 0 Å².